The lowest BCUT2D eigenvalue weighted by atomic mass is 9.94. The van der Waals surface area contributed by atoms with Crippen LogP contribution in [0.2, 0.25) is 0 Å². The van der Waals surface area contributed by atoms with E-state index in [2.05, 4.69) is 10.6 Å². The Balaban J connectivity index is 1.39. The van der Waals surface area contributed by atoms with Crippen LogP contribution in [-0.2, 0) is 57.0 Å². The van der Waals surface area contributed by atoms with Crippen LogP contribution in [0, 0.1) is 0 Å². The van der Waals surface area contributed by atoms with Crippen molar-refractivity contribution < 1.29 is 113 Å². The first-order valence-electron chi connectivity index (χ1n) is 19.3. The minimum absolute atomic E-state index is 0.202. The molecule has 0 radical (unpaired) electrons. The number of carbonyl (C=O) groups is 2. The Kier molecular flexibility index (Phi) is 15.5. The molecule has 13 N–H and O–H groups in total. The van der Waals surface area contributed by atoms with Gasteiger partial charge >= 0.3 is 0 Å². The number of ether oxygens (including phenoxy) is 10. The van der Waals surface area contributed by atoms with Crippen molar-refractivity contribution in [3.63, 3.8) is 0 Å². The summed E-state index contributed by atoms with van der Waals surface area (Å²) in [6.45, 7) is 0.530. The first-order valence-corrected chi connectivity index (χ1v) is 19.3. The van der Waals surface area contributed by atoms with Gasteiger partial charge in [-0.25, -0.2) is 0 Å². The third kappa shape index (κ3) is 9.85. The Morgan fingerprint density at radius 3 is 1.75 bits per heavy atom. The van der Waals surface area contributed by atoms with Crippen LogP contribution in [-0.4, -0.2) is 242 Å². The molecule has 340 valence electrons. The summed E-state index contributed by atoms with van der Waals surface area (Å²) in [7, 11) is 0. The number of hydrogen-bond donors (Lipinski definition) is 13. The average Bonchev–Trinajstić information content (AvgIpc) is 3.18. The molecule has 6 bridgehead atoms. The summed E-state index contributed by atoms with van der Waals surface area (Å²) < 4.78 is 59.3. The Bertz CT molecular complexity index is 1410. The van der Waals surface area contributed by atoms with Gasteiger partial charge in [-0.1, -0.05) is 0 Å². The SMILES string of the molecule is CC(=O)N[C@H]1[C@@H]2OC[C@H]3O[C@@H](O[C@H]4[C@@H](O)[C@@H](CO)O[C@H](O[C@H]1[C@@H](O)[C@@H](CO)O2)[C@@H]4O)[C@H](NC(C)=O)[C@@H](O[C@@H]1O[C@H](CO)[C@H](O)[C@H](O)[C@H]1O[C@@H]1O[C@@H](C)[C@@H](O)C[C@@H]1O)[C@@H]3O. The Morgan fingerprint density at radius 1 is 0.559 bits per heavy atom. The van der Waals surface area contributed by atoms with Gasteiger partial charge in [0.15, 0.2) is 31.5 Å². The van der Waals surface area contributed by atoms with Crippen molar-refractivity contribution in [1.29, 1.82) is 0 Å². The predicted molar refractivity (Wildman–Crippen MR) is 184 cm³/mol. The lowest BCUT2D eigenvalue weighted by Crippen LogP contribution is -2.70. The van der Waals surface area contributed by atoms with E-state index in [-0.39, 0.29) is 6.42 Å². The van der Waals surface area contributed by atoms with Gasteiger partial charge < -0.3 is 114 Å². The average molecular weight is 861 g/mol. The molecule has 0 saturated carbocycles. The van der Waals surface area contributed by atoms with E-state index < -0.39 is 186 Å². The van der Waals surface area contributed by atoms with E-state index in [1.807, 2.05) is 0 Å². The summed E-state index contributed by atoms with van der Waals surface area (Å²) >= 11 is 0. The van der Waals surface area contributed by atoms with Gasteiger partial charge in [-0.3, -0.25) is 9.59 Å². The van der Waals surface area contributed by atoms with Crippen molar-refractivity contribution >= 4 is 11.8 Å². The Hall–Kier alpha value is -1.90. The van der Waals surface area contributed by atoms with Crippen LogP contribution in [0.1, 0.15) is 27.2 Å². The molecule has 0 aromatic heterocycles. The summed E-state index contributed by atoms with van der Waals surface area (Å²) in [6.07, 6.45) is -36.2. The number of aliphatic hydroxyl groups excluding tert-OH is 11. The summed E-state index contributed by atoms with van der Waals surface area (Å²) in [4.78, 5) is 25.2. The molecule has 0 unspecified atom stereocenters. The van der Waals surface area contributed by atoms with Gasteiger partial charge in [-0.15, -0.1) is 0 Å². The molecule has 25 nitrogen and oxygen atoms in total. The van der Waals surface area contributed by atoms with Crippen molar-refractivity contribution in [1.82, 2.24) is 10.6 Å². The third-order valence-corrected chi connectivity index (χ3v) is 11.2. The zero-order valence-electron chi connectivity index (χ0n) is 32.2. The van der Waals surface area contributed by atoms with Crippen molar-refractivity contribution in [2.45, 2.75) is 174 Å². The predicted octanol–water partition coefficient (Wildman–Crippen LogP) is -8.53. The Labute approximate surface area is 336 Å². The minimum atomic E-state index is -1.98. The van der Waals surface area contributed by atoms with Crippen LogP contribution in [0.5, 0.6) is 0 Å². The minimum Gasteiger partial charge on any atom is -0.394 e. The molecule has 6 heterocycles. The fourth-order valence-electron chi connectivity index (χ4n) is 7.99. The summed E-state index contributed by atoms with van der Waals surface area (Å²) in [5, 5.41) is 124. The van der Waals surface area contributed by atoms with E-state index in [1.54, 1.807) is 0 Å². The van der Waals surface area contributed by atoms with Crippen molar-refractivity contribution in [2.75, 3.05) is 26.4 Å². The highest BCUT2D eigenvalue weighted by molar-refractivity contribution is 5.73. The summed E-state index contributed by atoms with van der Waals surface area (Å²) in [5.74, 6) is -1.41. The highest BCUT2D eigenvalue weighted by atomic mass is 16.8. The molecule has 0 spiro atoms. The number of fused-ring (bicyclic) bond motifs is 6. The van der Waals surface area contributed by atoms with Crippen molar-refractivity contribution in [2.24, 2.45) is 0 Å². The van der Waals surface area contributed by atoms with Gasteiger partial charge in [0.25, 0.3) is 0 Å². The van der Waals surface area contributed by atoms with Crippen LogP contribution in [0.4, 0.5) is 0 Å². The topological polar surface area (TPSA) is 373 Å². The molecule has 6 aliphatic rings. The molecular weight excluding hydrogens is 804 g/mol. The molecule has 6 rings (SSSR count). The zero-order valence-corrected chi connectivity index (χ0v) is 32.2. The van der Waals surface area contributed by atoms with Crippen LogP contribution in [0.25, 0.3) is 0 Å². The molecular formula is C34H56N2O23. The number of amides is 2. The van der Waals surface area contributed by atoms with Crippen LogP contribution in [0.15, 0.2) is 0 Å². The van der Waals surface area contributed by atoms with Gasteiger partial charge in [-0.2, -0.15) is 0 Å². The highest BCUT2D eigenvalue weighted by Crippen LogP contribution is 2.37. The second kappa shape index (κ2) is 19.7. The Morgan fingerprint density at radius 2 is 1.12 bits per heavy atom. The fourth-order valence-corrected chi connectivity index (χ4v) is 7.99. The van der Waals surface area contributed by atoms with E-state index in [9.17, 15) is 65.8 Å². The van der Waals surface area contributed by atoms with Gasteiger partial charge in [0.05, 0.1) is 38.6 Å². The normalized spacial score (nSPS) is 50.7. The van der Waals surface area contributed by atoms with Crippen LogP contribution in [0.3, 0.4) is 0 Å². The number of carbonyl (C=O) groups excluding carboxylic acids is 2. The number of aliphatic hydroxyl groups is 11. The molecule has 0 aromatic carbocycles. The monoisotopic (exact) mass is 860 g/mol. The molecule has 0 aliphatic carbocycles. The van der Waals surface area contributed by atoms with Gasteiger partial charge in [0, 0.05) is 20.3 Å². The van der Waals surface area contributed by atoms with Crippen LogP contribution < -0.4 is 10.6 Å². The lowest BCUT2D eigenvalue weighted by molar-refractivity contribution is -0.383. The van der Waals surface area contributed by atoms with Gasteiger partial charge in [0.2, 0.25) is 11.8 Å². The lowest BCUT2D eigenvalue weighted by Gasteiger charge is -2.50. The molecule has 59 heavy (non-hydrogen) atoms. The van der Waals surface area contributed by atoms with Crippen molar-refractivity contribution in [3.05, 3.63) is 0 Å². The molecule has 6 fully saturated rings. The zero-order chi connectivity index (χ0) is 43.0. The maximum Gasteiger partial charge on any atom is 0.217 e. The molecule has 6 saturated heterocycles. The van der Waals surface area contributed by atoms with E-state index in [4.69, 9.17) is 47.4 Å². The maximum absolute atomic E-state index is 12.8. The van der Waals surface area contributed by atoms with E-state index >= 15 is 0 Å². The second-order valence-electron chi connectivity index (χ2n) is 15.4. The molecule has 25 heteroatoms. The molecule has 24 atom stereocenters. The first kappa shape index (κ1) is 46.6. The smallest absolute Gasteiger partial charge is 0.217 e. The highest BCUT2D eigenvalue weighted by Gasteiger charge is 2.58. The van der Waals surface area contributed by atoms with E-state index in [1.165, 1.54) is 6.92 Å². The molecule has 2 amide bonds. The van der Waals surface area contributed by atoms with E-state index in [0.717, 1.165) is 13.8 Å². The number of rotatable bonds is 9. The third-order valence-electron chi connectivity index (χ3n) is 11.2. The van der Waals surface area contributed by atoms with Gasteiger partial charge in [0.1, 0.15) is 104 Å². The second-order valence-corrected chi connectivity index (χ2v) is 15.4. The van der Waals surface area contributed by atoms with Gasteiger partial charge in [-0.05, 0) is 6.92 Å². The fraction of sp³-hybridized carbons (Fsp3) is 0.941. The number of nitrogens with one attached hydrogen (secondary N) is 2. The van der Waals surface area contributed by atoms with Crippen molar-refractivity contribution in [3.8, 4) is 0 Å². The standard InChI is InChI=1S/C34H56N2O23/c1-9-12(42)4-13(43)30(51-9)59-29-24(48)20(44)14(5-37)54-34(29)57-27-19(36-11(3)41)32-55-17(23(27)47)8-50-31-18(35-10(2)40)26(21(45)15(6-38)52-31)56-33-25(49)28(58-32)22(46)16(7-39)53-33/h9,12-34,37-39,42-49H,4-8H2,1-3H3,(H,35,40)(H,36,41)/t9-,12-,13-,14+,15+,16+,17+,18+,19+,20-,21-,22-,23+,24-,25+,26+,27+,28-,29+,30-,31+,32-,33+,34-/m0/s1. The summed E-state index contributed by atoms with van der Waals surface area (Å²) in [5.41, 5.74) is 0. The quantitative estimate of drug-likeness (QED) is 0.102. The number of hydrogen-bond acceptors (Lipinski definition) is 23. The first-order chi connectivity index (χ1) is 28.0. The molecule has 6 aliphatic heterocycles. The van der Waals surface area contributed by atoms with E-state index in [0.29, 0.717) is 0 Å². The summed E-state index contributed by atoms with van der Waals surface area (Å²) in [6, 6.07) is -3.02. The largest absolute Gasteiger partial charge is 0.394 e. The maximum atomic E-state index is 12.8. The van der Waals surface area contributed by atoms with Crippen LogP contribution >= 0.6 is 0 Å². The molecule has 0 aromatic rings.